The standard InChI is InChI=1S/C16H19FN4O3S/c1-12-13(11-18-19(12)2)16(22)20-7-9-21(10-8-20)25(23,24)15-6-4-3-5-14(15)17/h3-6,11H,7-10H2,1-2H3. The molecule has 1 saturated heterocycles. The van der Waals surface area contributed by atoms with Gasteiger partial charge in [-0.15, -0.1) is 0 Å². The van der Waals surface area contributed by atoms with E-state index in [4.69, 9.17) is 0 Å². The van der Waals surface area contributed by atoms with E-state index < -0.39 is 15.8 Å². The molecule has 0 unspecified atom stereocenters. The molecule has 3 rings (SSSR count). The molecule has 2 aromatic rings. The topological polar surface area (TPSA) is 75.5 Å². The molecule has 134 valence electrons. The summed E-state index contributed by atoms with van der Waals surface area (Å²) in [6, 6.07) is 5.31. The van der Waals surface area contributed by atoms with Crippen LogP contribution in [0.3, 0.4) is 0 Å². The number of aromatic nitrogens is 2. The summed E-state index contributed by atoms with van der Waals surface area (Å²) >= 11 is 0. The van der Waals surface area contributed by atoms with Crippen LogP contribution in [0.1, 0.15) is 16.1 Å². The third-order valence-electron chi connectivity index (χ3n) is 4.45. The largest absolute Gasteiger partial charge is 0.336 e. The van der Waals surface area contributed by atoms with Crippen molar-refractivity contribution in [2.45, 2.75) is 11.8 Å². The van der Waals surface area contributed by atoms with Gasteiger partial charge in [-0.3, -0.25) is 9.48 Å². The Morgan fingerprint density at radius 1 is 1.16 bits per heavy atom. The molecule has 0 saturated carbocycles. The first-order valence-corrected chi connectivity index (χ1v) is 9.29. The van der Waals surface area contributed by atoms with Crippen molar-refractivity contribution in [3.8, 4) is 0 Å². The van der Waals surface area contributed by atoms with E-state index in [1.54, 1.807) is 23.6 Å². The molecule has 0 aliphatic carbocycles. The lowest BCUT2D eigenvalue weighted by Gasteiger charge is -2.34. The number of amides is 1. The Balaban J connectivity index is 1.73. The Kier molecular flexibility index (Phi) is 4.61. The second-order valence-corrected chi connectivity index (χ2v) is 7.80. The number of carbonyl (C=O) groups is 1. The van der Waals surface area contributed by atoms with E-state index in [-0.39, 0.29) is 37.0 Å². The van der Waals surface area contributed by atoms with Gasteiger partial charge in [-0.25, -0.2) is 12.8 Å². The van der Waals surface area contributed by atoms with E-state index in [2.05, 4.69) is 5.10 Å². The molecule has 1 aliphatic heterocycles. The van der Waals surface area contributed by atoms with Gasteiger partial charge < -0.3 is 4.90 Å². The van der Waals surface area contributed by atoms with Gasteiger partial charge in [-0.2, -0.15) is 9.40 Å². The summed E-state index contributed by atoms with van der Waals surface area (Å²) in [7, 11) is -2.15. The lowest BCUT2D eigenvalue weighted by Crippen LogP contribution is -2.50. The van der Waals surface area contributed by atoms with Gasteiger partial charge in [0, 0.05) is 38.9 Å². The summed E-state index contributed by atoms with van der Waals surface area (Å²) in [5, 5.41) is 4.06. The molecule has 25 heavy (non-hydrogen) atoms. The average molecular weight is 366 g/mol. The van der Waals surface area contributed by atoms with Crippen LogP contribution in [0.15, 0.2) is 35.4 Å². The molecule has 1 aromatic carbocycles. The highest BCUT2D eigenvalue weighted by Crippen LogP contribution is 2.21. The number of hydrogen-bond donors (Lipinski definition) is 0. The quantitative estimate of drug-likeness (QED) is 0.813. The summed E-state index contributed by atoms with van der Waals surface area (Å²) in [5.41, 5.74) is 1.26. The van der Waals surface area contributed by atoms with Crippen molar-refractivity contribution in [1.29, 1.82) is 0 Å². The van der Waals surface area contributed by atoms with Crippen LogP contribution in [0.25, 0.3) is 0 Å². The molecule has 0 spiro atoms. The predicted octanol–water partition coefficient (Wildman–Crippen LogP) is 1.01. The van der Waals surface area contributed by atoms with Crippen LogP contribution in [0.5, 0.6) is 0 Å². The second-order valence-electron chi connectivity index (χ2n) is 5.89. The van der Waals surface area contributed by atoms with Crippen molar-refractivity contribution in [1.82, 2.24) is 19.0 Å². The maximum atomic E-state index is 13.8. The SMILES string of the molecule is Cc1c(C(=O)N2CCN(S(=O)(=O)c3ccccc3F)CC2)cnn1C. The molecule has 0 radical (unpaired) electrons. The van der Waals surface area contributed by atoms with Crippen molar-refractivity contribution in [3.05, 3.63) is 47.5 Å². The van der Waals surface area contributed by atoms with Crippen molar-refractivity contribution < 1.29 is 17.6 Å². The van der Waals surface area contributed by atoms with Crippen LogP contribution in [-0.4, -0.2) is 59.5 Å². The number of aryl methyl sites for hydroxylation is 1. The monoisotopic (exact) mass is 366 g/mol. The molecule has 2 heterocycles. The van der Waals surface area contributed by atoms with Crippen LogP contribution < -0.4 is 0 Å². The smallest absolute Gasteiger partial charge is 0.257 e. The zero-order valence-corrected chi connectivity index (χ0v) is 14.8. The van der Waals surface area contributed by atoms with Gasteiger partial charge >= 0.3 is 0 Å². The normalized spacial score (nSPS) is 16.2. The van der Waals surface area contributed by atoms with Gasteiger partial charge in [0.25, 0.3) is 5.91 Å². The summed E-state index contributed by atoms with van der Waals surface area (Å²) in [4.78, 5) is 13.8. The summed E-state index contributed by atoms with van der Waals surface area (Å²) in [6.45, 7) is 2.56. The predicted molar refractivity (Wildman–Crippen MR) is 89.0 cm³/mol. The summed E-state index contributed by atoms with van der Waals surface area (Å²) in [5.74, 6) is -0.944. The van der Waals surface area contributed by atoms with Gasteiger partial charge in [-0.05, 0) is 19.1 Å². The number of rotatable bonds is 3. The van der Waals surface area contributed by atoms with Crippen LogP contribution in [0.2, 0.25) is 0 Å². The molecular weight excluding hydrogens is 347 g/mol. The lowest BCUT2D eigenvalue weighted by molar-refractivity contribution is 0.0697. The molecule has 9 heteroatoms. The zero-order chi connectivity index (χ0) is 18.2. The van der Waals surface area contributed by atoms with Crippen molar-refractivity contribution in [2.75, 3.05) is 26.2 Å². The van der Waals surface area contributed by atoms with Crippen molar-refractivity contribution in [2.24, 2.45) is 7.05 Å². The van der Waals surface area contributed by atoms with E-state index in [9.17, 15) is 17.6 Å². The molecular formula is C16H19FN4O3S. The molecule has 1 amide bonds. The van der Waals surface area contributed by atoms with Gasteiger partial charge in [-0.1, -0.05) is 12.1 Å². The van der Waals surface area contributed by atoms with E-state index in [1.165, 1.54) is 28.7 Å². The fraction of sp³-hybridized carbons (Fsp3) is 0.375. The van der Waals surface area contributed by atoms with E-state index in [1.807, 2.05) is 0 Å². The number of sulfonamides is 1. The minimum atomic E-state index is -3.91. The van der Waals surface area contributed by atoms with Gasteiger partial charge in [0.05, 0.1) is 11.8 Å². The molecule has 7 nitrogen and oxygen atoms in total. The first-order valence-electron chi connectivity index (χ1n) is 7.85. The lowest BCUT2D eigenvalue weighted by atomic mass is 10.2. The second kappa shape index (κ2) is 6.57. The Labute approximate surface area is 145 Å². The highest BCUT2D eigenvalue weighted by atomic mass is 32.2. The number of piperazine rings is 1. The first kappa shape index (κ1) is 17.6. The Morgan fingerprint density at radius 2 is 1.80 bits per heavy atom. The van der Waals surface area contributed by atoms with E-state index >= 15 is 0 Å². The number of carbonyl (C=O) groups excluding carboxylic acids is 1. The molecule has 0 bridgehead atoms. The summed E-state index contributed by atoms with van der Waals surface area (Å²) < 4.78 is 41.8. The maximum Gasteiger partial charge on any atom is 0.257 e. The first-order chi connectivity index (χ1) is 11.8. The third kappa shape index (κ3) is 3.16. The Bertz CT molecular complexity index is 902. The van der Waals surface area contributed by atoms with Crippen molar-refractivity contribution in [3.63, 3.8) is 0 Å². The third-order valence-corrected chi connectivity index (χ3v) is 6.38. The number of hydrogen-bond acceptors (Lipinski definition) is 4. The number of halogens is 1. The van der Waals surface area contributed by atoms with Crippen LogP contribution >= 0.6 is 0 Å². The molecule has 0 atom stereocenters. The van der Waals surface area contributed by atoms with Gasteiger partial charge in [0.1, 0.15) is 10.7 Å². The van der Waals surface area contributed by atoms with E-state index in [0.29, 0.717) is 5.56 Å². The summed E-state index contributed by atoms with van der Waals surface area (Å²) in [6.07, 6.45) is 1.51. The minimum absolute atomic E-state index is 0.127. The minimum Gasteiger partial charge on any atom is -0.336 e. The van der Waals surface area contributed by atoms with Crippen LogP contribution in [-0.2, 0) is 17.1 Å². The molecule has 1 aliphatic rings. The fourth-order valence-electron chi connectivity index (χ4n) is 2.80. The van der Waals surface area contributed by atoms with Gasteiger partial charge in [0.15, 0.2) is 0 Å². The maximum absolute atomic E-state index is 13.8. The van der Waals surface area contributed by atoms with Crippen LogP contribution in [0.4, 0.5) is 4.39 Å². The number of benzene rings is 1. The zero-order valence-electron chi connectivity index (χ0n) is 14.0. The average Bonchev–Trinajstić information content (AvgIpc) is 2.94. The van der Waals surface area contributed by atoms with Crippen molar-refractivity contribution >= 4 is 15.9 Å². The number of nitrogens with zero attached hydrogens (tertiary/aromatic N) is 4. The highest BCUT2D eigenvalue weighted by molar-refractivity contribution is 7.89. The molecule has 1 aromatic heterocycles. The Hall–Kier alpha value is -2.26. The fourth-order valence-corrected chi connectivity index (χ4v) is 4.29. The van der Waals surface area contributed by atoms with Gasteiger partial charge in [0.2, 0.25) is 10.0 Å². The molecule has 1 fully saturated rings. The Morgan fingerprint density at radius 3 is 2.36 bits per heavy atom. The van der Waals surface area contributed by atoms with E-state index in [0.717, 1.165) is 11.8 Å². The van der Waals surface area contributed by atoms with Crippen LogP contribution in [0, 0.1) is 12.7 Å². The highest BCUT2D eigenvalue weighted by Gasteiger charge is 2.32. The molecule has 0 N–H and O–H groups in total.